The summed E-state index contributed by atoms with van der Waals surface area (Å²) in [5, 5.41) is 2.51. The van der Waals surface area contributed by atoms with Crippen LogP contribution in [0.1, 0.15) is 25.0 Å². The number of aromatic nitrogens is 1. The van der Waals surface area contributed by atoms with E-state index in [4.69, 9.17) is 0 Å². The number of hydrogen-bond acceptors (Lipinski definition) is 1. The second kappa shape index (κ2) is 7.57. The topological polar surface area (TPSA) is 19.0 Å². The molecule has 0 bridgehead atoms. The van der Waals surface area contributed by atoms with Crippen molar-refractivity contribution in [1.82, 2.24) is 4.98 Å². The second-order valence-electron chi connectivity index (χ2n) is 7.19. The molecule has 0 radical (unpaired) electrons. The van der Waals surface area contributed by atoms with Crippen molar-refractivity contribution in [2.45, 2.75) is 13.8 Å². The summed E-state index contributed by atoms with van der Waals surface area (Å²) in [5.74, 6) is 0. The molecule has 30 heavy (non-hydrogen) atoms. The van der Waals surface area contributed by atoms with E-state index in [0.29, 0.717) is 0 Å². The smallest absolute Gasteiger partial charge is 0.0541 e. The van der Waals surface area contributed by atoms with Gasteiger partial charge in [0.1, 0.15) is 0 Å². The molecule has 5 aromatic rings. The summed E-state index contributed by atoms with van der Waals surface area (Å²) in [7, 11) is 0. The van der Waals surface area contributed by atoms with Crippen LogP contribution in [0.15, 0.2) is 91.0 Å². The maximum absolute atomic E-state index is 3.57. The summed E-state index contributed by atoms with van der Waals surface area (Å²) in [5.41, 5.74) is 8.33. The van der Waals surface area contributed by atoms with Crippen molar-refractivity contribution < 1.29 is 0 Å². The van der Waals surface area contributed by atoms with Crippen LogP contribution in [0.4, 0.5) is 17.1 Å². The largest absolute Gasteiger partial charge is 0.354 e. The van der Waals surface area contributed by atoms with Gasteiger partial charge in [-0.2, -0.15) is 0 Å². The van der Waals surface area contributed by atoms with Crippen molar-refractivity contribution in [3.63, 3.8) is 0 Å². The Kier molecular flexibility index (Phi) is 4.61. The molecule has 1 N–H and O–H groups in total. The van der Waals surface area contributed by atoms with Gasteiger partial charge in [-0.05, 0) is 42.0 Å². The first-order valence-electron chi connectivity index (χ1n) is 10.6. The van der Waals surface area contributed by atoms with Crippen LogP contribution in [0.25, 0.3) is 34.0 Å². The Morgan fingerprint density at radius 3 is 2.13 bits per heavy atom. The quantitative estimate of drug-likeness (QED) is 0.300. The Morgan fingerprint density at radius 1 is 0.567 bits per heavy atom. The predicted octanol–water partition coefficient (Wildman–Crippen LogP) is 8.30. The maximum Gasteiger partial charge on any atom is 0.0541 e. The first-order chi connectivity index (χ1) is 14.9. The fourth-order valence-electron chi connectivity index (χ4n) is 4.23. The third kappa shape index (κ3) is 2.89. The molecule has 0 aliphatic carbocycles. The SMILES string of the molecule is C1=Cc2cc3[nH]c4ccccc4c3cc2N(c2ccccc2)c2ccccc21.CC. The average Bonchev–Trinajstić information content (AvgIpc) is 3.09. The number of benzene rings is 4. The van der Waals surface area contributed by atoms with Crippen molar-refractivity contribution >= 4 is 51.0 Å². The van der Waals surface area contributed by atoms with Crippen LogP contribution >= 0.6 is 0 Å². The lowest BCUT2D eigenvalue weighted by atomic mass is 10.1. The van der Waals surface area contributed by atoms with E-state index < -0.39 is 0 Å². The summed E-state index contributed by atoms with van der Waals surface area (Å²) in [6.07, 6.45) is 4.44. The standard InChI is InChI=1S/C26H18N2.C2H6/c1-2-9-20(10-3-1)28-25-13-7-4-8-18(25)14-15-19-16-24-22(17-26(19)28)21-11-5-6-12-23(21)27-24;1-2/h1-17,27H;1-2H3. The van der Waals surface area contributed by atoms with Crippen LogP contribution < -0.4 is 4.90 Å². The van der Waals surface area contributed by atoms with Crippen molar-refractivity contribution in [3.8, 4) is 0 Å². The number of aromatic amines is 1. The summed E-state index contributed by atoms with van der Waals surface area (Å²) in [6.45, 7) is 4.00. The van der Waals surface area contributed by atoms with E-state index in [0.717, 1.165) is 0 Å². The first-order valence-corrected chi connectivity index (χ1v) is 10.6. The zero-order valence-corrected chi connectivity index (χ0v) is 17.3. The number of nitrogens with zero attached hydrogens (tertiary/aromatic N) is 1. The second-order valence-corrected chi connectivity index (χ2v) is 7.19. The number of fused-ring (bicyclic) bond motifs is 5. The molecule has 1 aliphatic heterocycles. The molecule has 2 nitrogen and oxygen atoms in total. The normalized spacial score (nSPS) is 12.1. The van der Waals surface area contributed by atoms with E-state index in [-0.39, 0.29) is 0 Å². The fraction of sp³-hybridized carbons (Fsp3) is 0.0714. The van der Waals surface area contributed by atoms with Gasteiger partial charge < -0.3 is 9.88 Å². The number of rotatable bonds is 1. The minimum absolute atomic E-state index is 1.17. The molecule has 0 fully saturated rings. The number of H-pyrrole nitrogens is 1. The van der Waals surface area contributed by atoms with E-state index in [9.17, 15) is 0 Å². The van der Waals surface area contributed by atoms with Gasteiger partial charge in [0.15, 0.2) is 0 Å². The monoisotopic (exact) mass is 388 g/mol. The van der Waals surface area contributed by atoms with Crippen molar-refractivity contribution in [3.05, 3.63) is 102 Å². The molecule has 2 heterocycles. The number of nitrogens with one attached hydrogen (secondary N) is 1. The van der Waals surface area contributed by atoms with E-state index in [1.54, 1.807) is 0 Å². The molecule has 146 valence electrons. The van der Waals surface area contributed by atoms with Gasteiger partial charge in [-0.15, -0.1) is 0 Å². The molecule has 4 aromatic carbocycles. The molecule has 2 heteroatoms. The van der Waals surface area contributed by atoms with Gasteiger partial charge in [-0.3, -0.25) is 0 Å². The van der Waals surface area contributed by atoms with Gasteiger partial charge in [-0.25, -0.2) is 0 Å². The Balaban J connectivity index is 0.000000937. The van der Waals surface area contributed by atoms with Gasteiger partial charge in [0.25, 0.3) is 0 Å². The molecule has 0 atom stereocenters. The molecule has 0 saturated heterocycles. The summed E-state index contributed by atoms with van der Waals surface area (Å²) < 4.78 is 0. The minimum Gasteiger partial charge on any atom is -0.354 e. The summed E-state index contributed by atoms with van der Waals surface area (Å²) >= 11 is 0. The molecule has 1 aliphatic rings. The lowest BCUT2D eigenvalue weighted by Crippen LogP contribution is -2.11. The predicted molar refractivity (Wildman–Crippen MR) is 131 cm³/mol. The zero-order valence-electron chi connectivity index (χ0n) is 17.3. The van der Waals surface area contributed by atoms with E-state index >= 15 is 0 Å². The lowest BCUT2D eigenvalue weighted by molar-refractivity contribution is 1.28. The Bertz CT molecular complexity index is 1360. The van der Waals surface area contributed by atoms with Crippen LogP contribution in [-0.4, -0.2) is 4.98 Å². The highest BCUT2D eigenvalue weighted by molar-refractivity contribution is 6.10. The Labute approximate surface area is 177 Å². The molecular formula is C28H24N2. The van der Waals surface area contributed by atoms with Gasteiger partial charge >= 0.3 is 0 Å². The van der Waals surface area contributed by atoms with E-state index in [1.165, 1.54) is 50.0 Å². The van der Waals surface area contributed by atoms with Crippen molar-refractivity contribution in [2.75, 3.05) is 4.90 Å². The Hall–Kier alpha value is -3.78. The van der Waals surface area contributed by atoms with Gasteiger partial charge in [-0.1, -0.05) is 80.6 Å². The summed E-state index contributed by atoms with van der Waals surface area (Å²) in [4.78, 5) is 5.94. The van der Waals surface area contributed by atoms with Gasteiger partial charge in [0.2, 0.25) is 0 Å². The van der Waals surface area contributed by atoms with E-state index in [2.05, 4.69) is 113 Å². The molecule has 0 amide bonds. The van der Waals surface area contributed by atoms with Crippen LogP contribution in [0.2, 0.25) is 0 Å². The molecule has 6 rings (SSSR count). The van der Waals surface area contributed by atoms with Crippen LogP contribution in [0.5, 0.6) is 0 Å². The molecule has 0 spiro atoms. The third-order valence-corrected chi connectivity index (χ3v) is 5.53. The lowest BCUT2D eigenvalue weighted by Gasteiger charge is -2.27. The first kappa shape index (κ1) is 18.3. The van der Waals surface area contributed by atoms with Crippen molar-refractivity contribution in [2.24, 2.45) is 0 Å². The molecule has 1 aromatic heterocycles. The number of hydrogen-bond donors (Lipinski definition) is 1. The van der Waals surface area contributed by atoms with Crippen LogP contribution in [-0.2, 0) is 0 Å². The fourth-order valence-corrected chi connectivity index (χ4v) is 4.23. The maximum atomic E-state index is 3.57. The number of anilines is 3. The van der Waals surface area contributed by atoms with Gasteiger partial charge in [0, 0.05) is 33.1 Å². The highest BCUT2D eigenvalue weighted by Crippen LogP contribution is 2.44. The molecular weight excluding hydrogens is 364 g/mol. The van der Waals surface area contributed by atoms with Crippen LogP contribution in [0, 0.1) is 0 Å². The highest BCUT2D eigenvalue weighted by Gasteiger charge is 2.21. The summed E-state index contributed by atoms with van der Waals surface area (Å²) in [6, 6.07) is 32.3. The highest BCUT2D eigenvalue weighted by atomic mass is 15.1. The average molecular weight is 389 g/mol. The van der Waals surface area contributed by atoms with Gasteiger partial charge in [0.05, 0.1) is 11.4 Å². The van der Waals surface area contributed by atoms with Crippen LogP contribution in [0.3, 0.4) is 0 Å². The van der Waals surface area contributed by atoms with E-state index in [1.807, 2.05) is 13.8 Å². The molecule has 0 unspecified atom stereocenters. The number of para-hydroxylation sites is 3. The third-order valence-electron chi connectivity index (χ3n) is 5.53. The minimum atomic E-state index is 1.17. The zero-order chi connectivity index (χ0) is 20.5. The van der Waals surface area contributed by atoms with Crippen molar-refractivity contribution in [1.29, 1.82) is 0 Å². The molecule has 0 saturated carbocycles. The Morgan fingerprint density at radius 2 is 1.27 bits per heavy atom.